The Hall–Kier alpha value is -3.00. The lowest BCUT2D eigenvalue weighted by molar-refractivity contribution is -0.119. The zero-order chi connectivity index (χ0) is 20.3. The van der Waals surface area contributed by atoms with Gasteiger partial charge < -0.3 is 25.1 Å². The molecule has 0 spiro atoms. The van der Waals surface area contributed by atoms with Crippen molar-refractivity contribution in [3.05, 3.63) is 58.2 Å². The van der Waals surface area contributed by atoms with Crippen LogP contribution >= 0.6 is 15.9 Å². The number of primary amides is 1. The number of nitrogens with one attached hydrogen (secondary N) is 1. The van der Waals surface area contributed by atoms with Gasteiger partial charge in [0.2, 0.25) is 0 Å². The molecule has 3 aromatic rings. The number of para-hydroxylation sites is 1. The Labute approximate surface area is 170 Å². The Morgan fingerprint density at radius 1 is 1.18 bits per heavy atom. The maximum absolute atomic E-state index is 12.8. The van der Waals surface area contributed by atoms with Gasteiger partial charge in [-0.2, -0.15) is 0 Å². The van der Waals surface area contributed by atoms with Gasteiger partial charge in [-0.25, -0.2) is 0 Å². The lowest BCUT2D eigenvalue weighted by Gasteiger charge is -2.12. The van der Waals surface area contributed by atoms with Crippen LogP contribution in [0.4, 0.5) is 0 Å². The van der Waals surface area contributed by atoms with Gasteiger partial charge in [0.25, 0.3) is 11.8 Å². The van der Waals surface area contributed by atoms with Crippen LogP contribution in [0, 0.1) is 0 Å². The number of halogens is 1. The summed E-state index contributed by atoms with van der Waals surface area (Å²) in [6, 6.07) is 13.0. The fourth-order valence-corrected chi connectivity index (χ4v) is 3.74. The maximum atomic E-state index is 12.8. The Balaban J connectivity index is 1.75. The summed E-state index contributed by atoms with van der Waals surface area (Å²) in [4.78, 5) is 23.6. The van der Waals surface area contributed by atoms with E-state index in [0.717, 1.165) is 20.9 Å². The van der Waals surface area contributed by atoms with E-state index in [4.69, 9.17) is 15.2 Å². The summed E-state index contributed by atoms with van der Waals surface area (Å²) in [5, 5.41) is 3.90. The first-order chi connectivity index (χ1) is 13.4. The number of nitrogens with zero attached hydrogens (tertiary/aromatic N) is 1. The molecule has 3 rings (SSSR count). The first-order valence-corrected chi connectivity index (χ1v) is 9.30. The SMILES string of the molecule is COc1cc(CNC(=O)c2c(Br)c3ccccc3n2C)ccc1OCC(N)=O. The molecule has 7 nitrogen and oxygen atoms in total. The van der Waals surface area contributed by atoms with E-state index < -0.39 is 5.91 Å². The van der Waals surface area contributed by atoms with Crippen LogP contribution in [0.3, 0.4) is 0 Å². The molecule has 28 heavy (non-hydrogen) atoms. The molecule has 0 saturated carbocycles. The van der Waals surface area contributed by atoms with Gasteiger partial charge in [0.05, 0.1) is 11.6 Å². The monoisotopic (exact) mass is 445 g/mol. The molecule has 0 radical (unpaired) electrons. The van der Waals surface area contributed by atoms with Crippen LogP contribution in [0.15, 0.2) is 46.9 Å². The number of rotatable bonds is 7. The second-order valence-electron chi connectivity index (χ2n) is 6.16. The van der Waals surface area contributed by atoms with Crippen LogP contribution in [0.2, 0.25) is 0 Å². The van der Waals surface area contributed by atoms with Crippen molar-refractivity contribution in [1.82, 2.24) is 9.88 Å². The van der Waals surface area contributed by atoms with Gasteiger partial charge in [0.1, 0.15) is 5.69 Å². The lowest BCUT2D eigenvalue weighted by Crippen LogP contribution is -2.25. The Morgan fingerprint density at radius 2 is 1.93 bits per heavy atom. The fraction of sp³-hybridized carbons (Fsp3) is 0.200. The second kappa shape index (κ2) is 8.35. The summed E-state index contributed by atoms with van der Waals surface area (Å²) in [6.07, 6.45) is 0. The number of nitrogens with two attached hydrogens (primary N) is 1. The molecule has 0 saturated heterocycles. The van der Waals surface area contributed by atoms with Gasteiger partial charge in [0.15, 0.2) is 18.1 Å². The highest BCUT2D eigenvalue weighted by Gasteiger charge is 2.19. The van der Waals surface area contributed by atoms with Gasteiger partial charge in [-0.1, -0.05) is 24.3 Å². The molecule has 1 aromatic heterocycles. The molecule has 0 aliphatic heterocycles. The van der Waals surface area contributed by atoms with Crippen LogP contribution in [0.1, 0.15) is 16.1 Å². The van der Waals surface area contributed by atoms with E-state index >= 15 is 0 Å². The zero-order valence-electron chi connectivity index (χ0n) is 15.5. The van der Waals surface area contributed by atoms with E-state index in [2.05, 4.69) is 21.2 Å². The molecule has 0 aliphatic carbocycles. The molecule has 0 fully saturated rings. The molecule has 146 valence electrons. The summed E-state index contributed by atoms with van der Waals surface area (Å²) >= 11 is 3.53. The second-order valence-corrected chi connectivity index (χ2v) is 6.95. The minimum absolute atomic E-state index is 0.196. The number of fused-ring (bicyclic) bond motifs is 1. The number of carbonyl (C=O) groups is 2. The minimum atomic E-state index is -0.570. The van der Waals surface area contributed by atoms with E-state index in [-0.39, 0.29) is 12.5 Å². The largest absolute Gasteiger partial charge is 0.493 e. The Morgan fingerprint density at radius 3 is 2.61 bits per heavy atom. The molecule has 2 aromatic carbocycles. The number of ether oxygens (including phenoxy) is 2. The summed E-state index contributed by atoms with van der Waals surface area (Å²) in [7, 11) is 3.36. The van der Waals surface area contributed by atoms with Crippen molar-refractivity contribution in [2.45, 2.75) is 6.54 Å². The van der Waals surface area contributed by atoms with Gasteiger partial charge in [-0.05, 0) is 39.7 Å². The molecular formula is C20H20BrN3O4. The highest BCUT2D eigenvalue weighted by molar-refractivity contribution is 9.10. The molecule has 0 atom stereocenters. The minimum Gasteiger partial charge on any atom is -0.493 e. The highest BCUT2D eigenvalue weighted by Crippen LogP contribution is 2.31. The van der Waals surface area contributed by atoms with Crippen molar-refractivity contribution < 1.29 is 19.1 Å². The van der Waals surface area contributed by atoms with Gasteiger partial charge in [-0.15, -0.1) is 0 Å². The number of amides is 2. The third-order valence-corrected chi connectivity index (χ3v) is 5.11. The number of benzene rings is 2. The van der Waals surface area contributed by atoms with Gasteiger partial charge in [-0.3, -0.25) is 9.59 Å². The number of carbonyl (C=O) groups excluding carboxylic acids is 2. The summed E-state index contributed by atoms with van der Waals surface area (Å²) in [5.74, 6) is 0.101. The molecule has 0 aliphatic rings. The first-order valence-electron chi connectivity index (χ1n) is 8.51. The molecule has 3 N–H and O–H groups in total. The Bertz CT molecular complexity index is 1010. The summed E-state index contributed by atoms with van der Waals surface area (Å²) in [5.41, 5.74) is 7.44. The van der Waals surface area contributed by atoms with E-state index in [9.17, 15) is 9.59 Å². The van der Waals surface area contributed by atoms with Crippen molar-refractivity contribution in [3.8, 4) is 11.5 Å². The standard InChI is InChI=1S/C20H20BrN3O4/c1-24-14-6-4-3-5-13(14)18(21)19(24)20(26)23-10-12-7-8-15(16(9-12)27-2)28-11-17(22)25/h3-9H,10-11H2,1-2H3,(H2,22,25)(H,23,26). The quantitative estimate of drug-likeness (QED) is 0.584. The number of aryl methyl sites for hydroxylation is 1. The predicted octanol–water partition coefficient (Wildman–Crippen LogP) is 2.74. The van der Waals surface area contributed by atoms with Crippen molar-refractivity contribution in [3.63, 3.8) is 0 Å². The van der Waals surface area contributed by atoms with Crippen molar-refractivity contribution in [2.75, 3.05) is 13.7 Å². The van der Waals surface area contributed by atoms with Crippen LogP contribution < -0.4 is 20.5 Å². The number of hydrogen-bond donors (Lipinski definition) is 2. The fourth-order valence-electron chi connectivity index (χ4n) is 2.96. The van der Waals surface area contributed by atoms with Gasteiger partial charge >= 0.3 is 0 Å². The topological polar surface area (TPSA) is 95.6 Å². The van der Waals surface area contributed by atoms with E-state index in [0.29, 0.717) is 23.7 Å². The van der Waals surface area contributed by atoms with Crippen LogP contribution in [0.5, 0.6) is 11.5 Å². The van der Waals surface area contributed by atoms with E-state index in [1.807, 2.05) is 35.9 Å². The summed E-state index contributed by atoms with van der Waals surface area (Å²) in [6.45, 7) is 0.0702. The smallest absolute Gasteiger partial charge is 0.269 e. The molecular weight excluding hydrogens is 426 g/mol. The van der Waals surface area contributed by atoms with E-state index in [1.54, 1.807) is 18.2 Å². The van der Waals surface area contributed by atoms with Gasteiger partial charge in [0, 0.05) is 24.5 Å². The Kier molecular flexibility index (Phi) is 5.89. The number of aromatic nitrogens is 1. The molecule has 1 heterocycles. The summed E-state index contributed by atoms with van der Waals surface area (Å²) < 4.78 is 13.2. The maximum Gasteiger partial charge on any atom is 0.269 e. The van der Waals surface area contributed by atoms with Crippen molar-refractivity contribution in [2.24, 2.45) is 12.8 Å². The average molecular weight is 446 g/mol. The lowest BCUT2D eigenvalue weighted by atomic mass is 10.2. The third kappa shape index (κ3) is 3.96. The average Bonchev–Trinajstić information content (AvgIpc) is 2.95. The molecule has 8 heteroatoms. The zero-order valence-corrected chi connectivity index (χ0v) is 17.1. The number of hydrogen-bond acceptors (Lipinski definition) is 4. The van der Waals surface area contributed by atoms with Crippen LogP contribution in [-0.2, 0) is 18.4 Å². The normalized spacial score (nSPS) is 10.7. The highest BCUT2D eigenvalue weighted by atomic mass is 79.9. The van der Waals surface area contributed by atoms with Crippen molar-refractivity contribution >= 4 is 38.6 Å². The third-order valence-electron chi connectivity index (χ3n) is 4.31. The predicted molar refractivity (Wildman–Crippen MR) is 109 cm³/mol. The molecule has 0 bridgehead atoms. The first kappa shape index (κ1) is 19.8. The number of methoxy groups -OCH3 is 1. The van der Waals surface area contributed by atoms with Crippen LogP contribution in [0.25, 0.3) is 10.9 Å². The molecule has 0 unspecified atom stereocenters. The molecule has 2 amide bonds. The van der Waals surface area contributed by atoms with E-state index in [1.165, 1.54) is 7.11 Å². The van der Waals surface area contributed by atoms with Crippen molar-refractivity contribution in [1.29, 1.82) is 0 Å². The van der Waals surface area contributed by atoms with Crippen LogP contribution in [-0.4, -0.2) is 30.1 Å².